The van der Waals surface area contributed by atoms with Gasteiger partial charge in [-0.1, -0.05) is 0 Å². The molecule has 0 saturated carbocycles. The summed E-state index contributed by atoms with van der Waals surface area (Å²) in [5.74, 6) is -53.0. The van der Waals surface area contributed by atoms with E-state index in [0.29, 0.717) is 0 Å². The lowest BCUT2D eigenvalue weighted by Crippen LogP contribution is -2.74. The lowest BCUT2D eigenvalue weighted by Gasteiger charge is -2.42. The number of hydrogen-bond acceptors (Lipinski definition) is 0. The van der Waals surface area contributed by atoms with Crippen LogP contribution in [0, 0.1) is 0 Å². The van der Waals surface area contributed by atoms with E-state index in [2.05, 4.69) is 33.2 Å². The van der Waals surface area contributed by atoms with E-state index in [1.54, 1.807) is 0 Å². The fourth-order valence-electron chi connectivity index (χ4n) is 1.68. The molecule has 0 nitrogen and oxygen atoms in total. The first-order valence-corrected chi connectivity index (χ1v) is 11.8. The Kier molecular flexibility index (Phi) is 8.57. The maximum atomic E-state index is 13.4. The Morgan fingerprint density at radius 2 is 0.774 bits per heavy atom. The first kappa shape index (κ1) is 30.9. The highest BCUT2D eigenvalue weighted by molar-refractivity contribution is 7.65. The summed E-state index contributed by atoms with van der Waals surface area (Å²) in [4.78, 5) is 0. The van der Waals surface area contributed by atoms with Gasteiger partial charge in [-0.2, -0.15) is 52.7 Å². The van der Waals surface area contributed by atoms with E-state index in [0.717, 1.165) is 0 Å². The number of hydrogen-bond donors (Lipinski definition) is 0. The molecule has 0 bridgehead atoms. The molecular formula is C10H4Cl3F17Si. The molecule has 0 aliphatic rings. The molecule has 3 unspecified atom stereocenters. The smallest absolute Gasteiger partial charge is 0.240 e. The minimum absolute atomic E-state index is 4.53. The van der Waals surface area contributed by atoms with Crippen LogP contribution in [-0.2, 0) is 0 Å². The molecule has 0 aromatic rings. The quantitative estimate of drug-likeness (QED) is 0.145. The van der Waals surface area contributed by atoms with Crippen molar-refractivity contribution in [3.8, 4) is 0 Å². The summed E-state index contributed by atoms with van der Waals surface area (Å²) in [7, 11) is 0. The highest BCUT2D eigenvalue weighted by Crippen LogP contribution is 2.62. The van der Waals surface area contributed by atoms with Gasteiger partial charge in [0.25, 0.3) is 6.43 Å². The van der Waals surface area contributed by atoms with E-state index in [4.69, 9.17) is 0 Å². The van der Waals surface area contributed by atoms with Gasteiger partial charge < -0.3 is 0 Å². The minimum atomic E-state index is -8.45. The molecule has 188 valence electrons. The Morgan fingerprint density at radius 3 is 1.03 bits per heavy atom. The Labute approximate surface area is 174 Å². The SMILES string of the molecule is FC(F)C(F)C(F)C(F)(F)C(F)(F)C(F)(F)C(F)(F)C(F)(F)C(F)(F)C(F)[Si](Cl)(Cl)Cl. The van der Waals surface area contributed by atoms with Crippen molar-refractivity contribution in [3.05, 3.63) is 0 Å². The van der Waals surface area contributed by atoms with E-state index >= 15 is 0 Å². The fraction of sp³-hybridized carbons (Fsp3) is 1.00. The molecule has 0 aliphatic heterocycles. The van der Waals surface area contributed by atoms with E-state index < -0.39 is 66.1 Å². The standard InChI is InChI=1S/C10H4Cl3F17Si/c11-31(12,13)4(18)6(21,22)8(25,26)10(29,30)9(27,28)7(23,24)5(19,20)2(15)1(14)3(16)17/h1-4H. The Balaban J connectivity index is 6.62. The van der Waals surface area contributed by atoms with Gasteiger partial charge in [0.15, 0.2) is 6.17 Å². The summed E-state index contributed by atoms with van der Waals surface area (Å²) < 4.78 is 223. The van der Waals surface area contributed by atoms with Crippen LogP contribution >= 0.6 is 33.2 Å². The summed E-state index contributed by atoms with van der Waals surface area (Å²) in [6, 6.07) is -5.86. The van der Waals surface area contributed by atoms with E-state index in [1.165, 1.54) is 0 Å². The fourth-order valence-corrected chi connectivity index (χ4v) is 3.50. The molecule has 0 aliphatic carbocycles. The van der Waals surface area contributed by atoms with Crippen LogP contribution in [0.25, 0.3) is 0 Å². The van der Waals surface area contributed by atoms with Crippen molar-refractivity contribution in [1.29, 1.82) is 0 Å². The van der Waals surface area contributed by atoms with Gasteiger partial charge in [0.2, 0.25) is 12.0 Å². The topological polar surface area (TPSA) is 0 Å². The second kappa shape index (κ2) is 8.59. The maximum absolute atomic E-state index is 13.4. The molecule has 0 fully saturated rings. The van der Waals surface area contributed by atoms with Crippen molar-refractivity contribution in [3.63, 3.8) is 0 Å². The zero-order valence-electron chi connectivity index (χ0n) is 13.4. The third-order valence-electron chi connectivity index (χ3n) is 3.49. The molecule has 0 amide bonds. The van der Waals surface area contributed by atoms with Crippen molar-refractivity contribution < 1.29 is 74.6 Å². The zero-order chi connectivity index (χ0) is 25.8. The Hall–Kier alpha value is -0.103. The first-order chi connectivity index (χ1) is 13.2. The van der Waals surface area contributed by atoms with Crippen LogP contribution in [0.1, 0.15) is 0 Å². The molecule has 0 N–H and O–H groups in total. The Morgan fingerprint density at radius 1 is 0.484 bits per heavy atom. The summed E-state index contributed by atoms with van der Waals surface area (Å²) >= 11 is 13.6. The predicted octanol–water partition coefficient (Wildman–Crippen LogP) is 7.27. The van der Waals surface area contributed by atoms with Gasteiger partial charge in [-0.25, -0.2) is 22.0 Å². The van der Waals surface area contributed by atoms with Crippen LogP contribution < -0.4 is 0 Å². The van der Waals surface area contributed by atoms with Gasteiger partial charge in [-0.15, -0.1) is 33.2 Å². The van der Waals surface area contributed by atoms with Crippen molar-refractivity contribution in [2.45, 2.75) is 60.1 Å². The third-order valence-corrected chi connectivity index (χ3v) is 6.15. The van der Waals surface area contributed by atoms with Crippen LogP contribution in [0.4, 0.5) is 74.6 Å². The second-order valence-corrected chi connectivity index (χ2v) is 14.3. The maximum Gasteiger partial charge on any atom is 0.384 e. The average molecular weight is 582 g/mol. The van der Waals surface area contributed by atoms with Gasteiger partial charge in [-0.3, -0.25) is 0 Å². The summed E-state index contributed by atoms with van der Waals surface area (Å²) in [5.41, 5.74) is 0. The van der Waals surface area contributed by atoms with Gasteiger partial charge in [-0.05, 0) is 0 Å². The van der Waals surface area contributed by atoms with E-state index in [1.807, 2.05) is 0 Å². The van der Waals surface area contributed by atoms with Crippen molar-refractivity contribution in [2.75, 3.05) is 0 Å². The normalized spacial score (nSPS) is 18.9. The van der Waals surface area contributed by atoms with Crippen molar-refractivity contribution >= 4 is 39.2 Å². The first-order valence-electron chi connectivity index (χ1n) is 6.71. The van der Waals surface area contributed by atoms with Crippen molar-refractivity contribution in [2.24, 2.45) is 0 Å². The van der Waals surface area contributed by atoms with Gasteiger partial charge in [0, 0.05) is 0 Å². The third kappa shape index (κ3) is 4.63. The number of alkyl halides is 17. The van der Waals surface area contributed by atoms with Crippen LogP contribution in [0.15, 0.2) is 0 Å². The molecule has 0 heterocycles. The lowest BCUT2D eigenvalue weighted by molar-refractivity contribution is -0.432. The predicted molar refractivity (Wildman–Crippen MR) is 73.7 cm³/mol. The number of rotatable bonds is 10. The molecule has 31 heavy (non-hydrogen) atoms. The highest BCUT2D eigenvalue weighted by Gasteiger charge is 2.92. The van der Waals surface area contributed by atoms with Gasteiger partial charge in [0.05, 0.1) is 0 Å². The molecule has 0 aromatic carbocycles. The largest absolute Gasteiger partial charge is 0.384 e. The van der Waals surface area contributed by atoms with E-state index in [9.17, 15) is 74.6 Å². The van der Waals surface area contributed by atoms with Gasteiger partial charge in [0.1, 0.15) is 0 Å². The molecule has 0 aromatic heterocycles. The molecule has 0 saturated heterocycles. The second-order valence-electron chi connectivity index (χ2n) is 5.63. The van der Waals surface area contributed by atoms with Gasteiger partial charge >= 0.3 is 41.5 Å². The minimum Gasteiger partial charge on any atom is -0.240 e. The average Bonchev–Trinajstić information content (AvgIpc) is 2.57. The molecule has 21 heteroatoms. The Bertz CT molecular complexity index is 632. The van der Waals surface area contributed by atoms with Crippen LogP contribution in [0.3, 0.4) is 0 Å². The van der Waals surface area contributed by atoms with Crippen molar-refractivity contribution in [1.82, 2.24) is 0 Å². The molecule has 3 atom stereocenters. The number of halogens is 20. The molecule has 0 radical (unpaired) electrons. The highest BCUT2D eigenvalue weighted by atomic mass is 35.8. The molecular weight excluding hydrogens is 578 g/mol. The van der Waals surface area contributed by atoms with Crippen LogP contribution in [0.2, 0.25) is 0 Å². The van der Waals surface area contributed by atoms with Crippen LogP contribution in [-0.4, -0.2) is 66.1 Å². The van der Waals surface area contributed by atoms with E-state index in [-0.39, 0.29) is 0 Å². The monoisotopic (exact) mass is 580 g/mol. The molecule has 0 spiro atoms. The lowest BCUT2D eigenvalue weighted by atomic mass is 9.89. The van der Waals surface area contributed by atoms with Crippen LogP contribution in [0.5, 0.6) is 0 Å². The zero-order valence-corrected chi connectivity index (χ0v) is 16.6. The molecule has 0 rings (SSSR count). The summed E-state index contributed by atoms with van der Waals surface area (Å²) in [6.45, 7) is 0. The summed E-state index contributed by atoms with van der Waals surface area (Å²) in [5, 5.41) is 0. The summed E-state index contributed by atoms with van der Waals surface area (Å²) in [6.07, 6.45) is -15.7.